The fourth-order valence-electron chi connectivity index (χ4n) is 5.58. The van der Waals surface area contributed by atoms with Gasteiger partial charge >= 0.3 is 0 Å². The lowest BCUT2D eigenvalue weighted by atomic mass is 10.1. The third kappa shape index (κ3) is 6.00. The molecular weight excluding hydrogens is 464 g/mol. The highest BCUT2D eigenvalue weighted by molar-refractivity contribution is 5.92. The summed E-state index contributed by atoms with van der Waals surface area (Å²) in [4.78, 5) is 36.8. The normalized spacial score (nSPS) is 20.1. The summed E-state index contributed by atoms with van der Waals surface area (Å²) in [6.07, 6.45) is 6.61. The summed E-state index contributed by atoms with van der Waals surface area (Å²) in [5, 5.41) is 0. The van der Waals surface area contributed by atoms with Crippen LogP contribution in [0, 0.1) is 0 Å². The Labute approximate surface area is 218 Å². The van der Waals surface area contributed by atoms with Crippen molar-refractivity contribution in [3.05, 3.63) is 90.3 Å². The van der Waals surface area contributed by atoms with E-state index >= 15 is 0 Å². The molecule has 0 saturated carbocycles. The van der Waals surface area contributed by atoms with Crippen LogP contribution in [0.25, 0.3) is 0 Å². The number of anilines is 1. The van der Waals surface area contributed by atoms with Crippen LogP contribution < -0.4 is 9.64 Å². The van der Waals surface area contributed by atoms with Gasteiger partial charge in [-0.05, 0) is 60.7 Å². The predicted octanol–water partition coefficient (Wildman–Crippen LogP) is 4.28. The van der Waals surface area contributed by atoms with Crippen molar-refractivity contribution in [1.29, 1.82) is 0 Å². The summed E-state index contributed by atoms with van der Waals surface area (Å²) in [5.41, 5.74) is 3.07. The van der Waals surface area contributed by atoms with E-state index in [1.807, 2.05) is 76.8 Å². The van der Waals surface area contributed by atoms with Crippen molar-refractivity contribution in [2.24, 2.45) is 0 Å². The van der Waals surface area contributed by atoms with Gasteiger partial charge in [-0.2, -0.15) is 0 Å². The Balaban J connectivity index is 1.45. The maximum absolute atomic E-state index is 13.6. The van der Waals surface area contributed by atoms with Crippen molar-refractivity contribution in [2.45, 2.75) is 51.4 Å². The summed E-state index contributed by atoms with van der Waals surface area (Å²) >= 11 is 0. The number of rotatable bonds is 5. The third-order valence-electron chi connectivity index (χ3n) is 7.48. The van der Waals surface area contributed by atoms with Crippen molar-refractivity contribution in [1.82, 2.24) is 14.8 Å². The molecule has 3 aromatic rings. The maximum atomic E-state index is 13.6. The quantitative estimate of drug-likeness (QED) is 0.525. The molecule has 2 aromatic carbocycles. The predicted molar refractivity (Wildman–Crippen MR) is 143 cm³/mol. The van der Waals surface area contributed by atoms with Crippen LogP contribution in [0.1, 0.15) is 37.3 Å². The lowest BCUT2D eigenvalue weighted by Crippen LogP contribution is -2.46. The maximum Gasteiger partial charge on any atom is 0.260 e. The highest BCUT2D eigenvalue weighted by Crippen LogP contribution is 2.32. The minimum Gasteiger partial charge on any atom is -0.484 e. The first kappa shape index (κ1) is 25.0. The van der Waals surface area contributed by atoms with Crippen molar-refractivity contribution in [3.63, 3.8) is 0 Å². The molecule has 5 rings (SSSR count). The number of nitrogens with zero attached hydrogens (tertiary/aromatic N) is 4. The van der Waals surface area contributed by atoms with Crippen LogP contribution in [-0.2, 0) is 22.7 Å². The molecule has 0 aliphatic carbocycles. The lowest BCUT2D eigenvalue weighted by Gasteiger charge is -2.34. The second-order valence-corrected chi connectivity index (χ2v) is 9.88. The number of amides is 2. The smallest absolute Gasteiger partial charge is 0.260 e. The lowest BCUT2D eigenvalue weighted by molar-refractivity contribution is -0.134. The van der Waals surface area contributed by atoms with E-state index in [1.165, 1.54) is 5.56 Å². The van der Waals surface area contributed by atoms with E-state index < -0.39 is 0 Å². The van der Waals surface area contributed by atoms with Gasteiger partial charge in [0.15, 0.2) is 6.61 Å². The summed E-state index contributed by atoms with van der Waals surface area (Å²) in [5.74, 6) is 0.643. The Morgan fingerprint density at radius 2 is 1.65 bits per heavy atom. The first-order valence-electron chi connectivity index (χ1n) is 13.0. The Hall–Kier alpha value is -3.71. The number of hydrogen-bond donors (Lipinski definition) is 0. The number of fused-ring (bicyclic) bond motifs is 3. The molecule has 1 saturated heterocycles. The molecule has 37 heavy (non-hydrogen) atoms. The Bertz CT molecular complexity index is 1200. The summed E-state index contributed by atoms with van der Waals surface area (Å²) in [7, 11) is 0. The molecule has 1 fully saturated rings. The van der Waals surface area contributed by atoms with Crippen LogP contribution in [0.3, 0.4) is 0 Å². The second-order valence-electron chi connectivity index (χ2n) is 9.88. The van der Waals surface area contributed by atoms with E-state index in [0.717, 1.165) is 37.1 Å². The average Bonchev–Trinajstić information content (AvgIpc) is 3.28. The molecule has 7 nitrogen and oxygen atoms in total. The third-order valence-corrected chi connectivity index (χ3v) is 7.48. The van der Waals surface area contributed by atoms with Crippen molar-refractivity contribution in [3.8, 4) is 5.75 Å². The molecular formula is C30H34N4O3. The van der Waals surface area contributed by atoms with E-state index in [4.69, 9.17) is 4.74 Å². The minimum atomic E-state index is -0.0559. The van der Waals surface area contributed by atoms with Gasteiger partial charge in [-0.15, -0.1) is 0 Å². The van der Waals surface area contributed by atoms with Crippen LogP contribution in [0.5, 0.6) is 5.75 Å². The molecule has 2 aliphatic rings. The zero-order chi connectivity index (χ0) is 25.6. The molecule has 0 radical (unpaired) electrons. The molecule has 2 bridgehead atoms. The number of para-hydroxylation sites is 2. The number of hydrogen-bond acceptors (Lipinski definition) is 5. The number of aromatic nitrogens is 1. The van der Waals surface area contributed by atoms with Gasteiger partial charge in [0.1, 0.15) is 5.75 Å². The first-order valence-corrected chi connectivity index (χ1v) is 13.0. The summed E-state index contributed by atoms with van der Waals surface area (Å²) in [6, 6.07) is 22.1. The average molecular weight is 499 g/mol. The molecule has 3 heterocycles. The van der Waals surface area contributed by atoms with E-state index in [-0.39, 0.29) is 24.5 Å². The molecule has 2 atom stereocenters. The van der Waals surface area contributed by atoms with Crippen LogP contribution >= 0.6 is 0 Å². The van der Waals surface area contributed by atoms with Gasteiger partial charge in [0, 0.05) is 63.3 Å². The largest absolute Gasteiger partial charge is 0.484 e. The van der Waals surface area contributed by atoms with Crippen molar-refractivity contribution >= 4 is 17.5 Å². The number of carbonyl (C=O) groups is 2. The summed E-state index contributed by atoms with van der Waals surface area (Å²) < 4.78 is 5.85. The number of carbonyl (C=O) groups excluding carboxylic acids is 2. The Morgan fingerprint density at radius 3 is 2.43 bits per heavy atom. The first-order chi connectivity index (χ1) is 18.1. The van der Waals surface area contributed by atoms with Gasteiger partial charge in [-0.1, -0.05) is 36.4 Å². The van der Waals surface area contributed by atoms with Gasteiger partial charge in [0.2, 0.25) is 5.91 Å². The fraction of sp³-hybridized carbons (Fsp3) is 0.367. The van der Waals surface area contributed by atoms with Gasteiger partial charge < -0.3 is 14.5 Å². The Kier molecular flexibility index (Phi) is 7.80. The second kappa shape index (κ2) is 11.6. The molecule has 2 unspecified atom stereocenters. The molecule has 192 valence electrons. The summed E-state index contributed by atoms with van der Waals surface area (Å²) in [6.45, 7) is 4.10. The Morgan fingerprint density at radius 1 is 0.919 bits per heavy atom. The molecule has 0 N–H and O–H groups in total. The van der Waals surface area contributed by atoms with Crippen LogP contribution in [0.15, 0.2) is 79.1 Å². The van der Waals surface area contributed by atoms with E-state index in [2.05, 4.69) is 22.0 Å². The van der Waals surface area contributed by atoms with Gasteiger partial charge in [-0.3, -0.25) is 19.5 Å². The van der Waals surface area contributed by atoms with E-state index in [9.17, 15) is 9.59 Å². The highest BCUT2D eigenvalue weighted by Gasteiger charge is 2.36. The topological polar surface area (TPSA) is 66.0 Å². The molecule has 1 aromatic heterocycles. The van der Waals surface area contributed by atoms with Crippen molar-refractivity contribution in [2.75, 3.05) is 24.6 Å². The van der Waals surface area contributed by atoms with E-state index in [0.29, 0.717) is 31.4 Å². The van der Waals surface area contributed by atoms with E-state index in [1.54, 1.807) is 6.92 Å². The molecule has 2 aliphatic heterocycles. The SMILES string of the molecule is CC(=O)N1CCC2CCC(CN(C(=O)COc3ccccc3)Cc3ccccc31)N2Cc1ccncc1. The van der Waals surface area contributed by atoms with Crippen molar-refractivity contribution < 1.29 is 14.3 Å². The van der Waals surface area contributed by atoms with Crippen LogP contribution in [0.2, 0.25) is 0 Å². The molecule has 7 heteroatoms. The van der Waals surface area contributed by atoms with Crippen LogP contribution in [0.4, 0.5) is 5.69 Å². The zero-order valence-corrected chi connectivity index (χ0v) is 21.3. The van der Waals surface area contributed by atoms with Gasteiger partial charge in [0.25, 0.3) is 5.91 Å². The molecule has 2 amide bonds. The monoisotopic (exact) mass is 498 g/mol. The minimum absolute atomic E-state index is 0.0206. The number of ether oxygens (including phenoxy) is 1. The van der Waals surface area contributed by atoms with Crippen LogP contribution in [-0.4, -0.2) is 58.4 Å². The highest BCUT2D eigenvalue weighted by atomic mass is 16.5. The van der Waals surface area contributed by atoms with Gasteiger partial charge in [0.05, 0.1) is 0 Å². The number of pyridine rings is 1. The number of benzene rings is 2. The standard InChI is InChI=1S/C30H34N4O3/c1-23(35)33-18-15-26-11-12-27(34(26)19-24-13-16-31-17-14-24)21-32(20-25-7-5-6-10-29(25)33)30(36)22-37-28-8-3-2-4-9-28/h2-10,13-14,16-17,26-27H,11-12,15,18-22H2,1H3. The zero-order valence-electron chi connectivity index (χ0n) is 21.3. The fourth-order valence-corrected chi connectivity index (χ4v) is 5.58. The molecule has 0 spiro atoms. The van der Waals surface area contributed by atoms with Gasteiger partial charge in [-0.25, -0.2) is 0 Å².